The predicted octanol–water partition coefficient (Wildman–Crippen LogP) is 3.62. The molecule has 8 heteroatoms. The van der Waals surface area contributed by atoms with Crippen molar-refractivity contribution in [2.75, 3.05) is 31.1 Å². The fourth-order valence-corrected chi connectivity index (χ4v) is 3.94. The standard InChI is InChI=1S/C24H25N5O3/c1-17-22(16-19-8-10-21(11-9-19)29(31)32)24(28-14-12-27(13-15-28)18(2)30)26-23(25-17)20-6-4-3-5-7-20/h3-11H,12-16H2,1-2H3. The molecule has 32 heavy (non-hydrogen) atoms. The molecule has 0 unspecified atom stereocenters. The van der Waals surface area contributed by atoms with Crippen LogP contribution in [0.15, 0.2) is 54.6 Å². The van der Waals surface area contributed by atoms with E-state index in [-0.39, 0.29) is 11.6 Å². The Bertz CT molecular complexity index is 1120. The number of rotatable bonds is 5. The summed E-state index contributed by atoms with van der Waals surface area (Å²) >= 11 is 0. The fraction of sp³-hybridized carbons (Fsp3) is 0.292. The van der Waals surface area contributed by atoms with Gasteiger partial charge < -0.3 is 9.80 Å². The van der Waals surface area contributed by atoms with E-state index < -0.39 is 4.92 Å². The number of aryl methyl sites for hydroxylation is 1. The van der Waals surface area contributed by atoms with Gasteiger partial charge in [0.15, 0.2) is 5.82 Å². The third kappa shape index (κ3) is 4.59. The summed E-state index contributed by atoms with van der Waals surface area (Å²) in [7, 11) is 0. The maximum absolute atomic E-state index is 11.8. The normalized spacial score (nSPS) is 13.8. The fourth-order valence-electron chi connectivity index (χ4n) is 3.94. The van der Waals surface area contributed by atoms with Crippen molar-refractivity contribution in [1.82, 2.24) is 14.9 Å². The van der Waals surface area contributed by atoms with Crippen LogP contribution in [0.1, 0.15) is 23.7 Å². The molecule has 1 aromatic heterocycles. The number of nitro groups is 1. The zero-order valence-electron chi connectivity index (χ0n) is 18.2. The molecule has 2 aromatic carbocycles. The summed E-state index contributed by atoms with van der Waals surface area (Å²) < 4.78 is 0. The van der Waals surface area contributed by atoms with Crippen LogP contribution in [-0.2, 0) is 11.2 Å². The first-order valence-corrected chi connectivity index (χ1v) is 10.6. The summed E-state index contributed by atoms with van der Waals surface area (Å²) in [6, 6.07) is 16.5. The van der Waals surface area contributed by atoms with Crippen molar-refractivity contribution in [2.24, 2.45) is 0 Å². The lowest BCUT2D eigenvalue weighted by atomic mass is 10.0. The van der Waals surface area contributed by atoms with Crippen LogP contribution in [-0.4, -0.2) is 51.9 Å². The summed E-state index contributed by atoms with van der Waals surface area (Å²) in [4.78, 5) is 36.1. The Morgan fingerprint density at radius 1 is 1.00 bits per heavy atom. The first-order chi connectivity index (χ1) is 15.4. The average Bonchev–Trinajstić information content (AvgIpc) is 2.81. The van der Waals surface area contributed by atoms with Crippen LogP contribution < -0.4 is 4.90 Å². The topological polar surface area (TPSA) is 92.5 Å². The van der Waals surface area contributed by atoms with Crippen LogP contribution >= 0.6 is 0 Å². The molecule has 1 amide bonds. The summed E-state index contributed by atoms with van der Waals surface area (Å²) in [5.41, 5.74) is 3.84. The molecule has 0 aliphatic carbocycles. The SMILES string of the molecule is CC(=O)N1CCN(c2nc(-c3ccccc3)nc(C)c2Cc2ccc([N+](=O)[O-])cc2)CC1. The van der Waals surface area contributed by atoms with E-state index in [0.717, 1.165) is 28.2 Å². The molecule has 1 aliphatic heterocycles. The minimum absolute atomic E-state index is 0.0710. The molecule has 1 aliphatic rings. The van der Waals surface area contributed by atoms with Crippen LogP contribution in [0.3, 0.4) is 0 Å². The Hall–Kier alpha value is -3.81. The van der Waals surface area contributed by atoms with E-state index in [0.29, 0.717) is 38.4 Å². The molecule has 0 bridgehead atoms. The van der Waals surface area contributed by atoms with Gasteiger partial charge in [-0.2, -0.15) is 0 Å². The molecule has 0 atom stereocenters. The van der Waals surface area contributed by atoms with E-state index in [4.69, 9.17) is 9.97 Å². The number of non-ortho nitro benzene ring substituents is 1. The second-order valence-electron chi connectivity index (χ2n) is 7.89. The molecule has 164 valence electrons. The number of hydrogen-bond acceptors (Lipinski definition) is 6. The molecule has 0 saturated carbocycles. The van der Waals surface area contributed by atoms with Crippen LogP contribution in [0.4, 0.5) is 11.5 Å². The van der Waals surface area contributed by atoms with Gasteiger partial charge in [-0.05, 0) is 12.5 Å². The Morgan fingerprint density at radius 2 is 1.66 bits per heavy atom. The zero-order valence-corrected chi connectivity index (χ0v) is 18.2. The van der Waals surface area contributed by atoms with E-state index in [2.05, 4.69) is 4.90 Å². The number of amides is 1. The van der Waals surface area contributed by atoms with Gasteiger partial charge in [-0.3, -0.25) is 14.9 Å². The third-order valence-electron chi connectivity index (χ3n) is 5.78. The van der Waals surface area contributed by atoms with Crippen molar-refractivity contribution in [3.8, 4) is 11.4 Å². The van der Waals surface area contributed by atoms with Gasteiger partial charge in [0.05, 0.1) is 4.92 Å². The highest BCUT2D eigenvalue weighted by atomic mass is 16.6. The number of nitrogens with zero attached hydrogens (tertiary/aromatic N) is 5. The van der Waals surface area contributed by atoms with Gasteiger partial charge in [0, 0.05) is 68.5 Å². The van der Waals surface area contributed by atoms with Gasteiger partial charge in [0.1, 0.15) is 5.82 Å². The minimum atomic E-state index is -0.396. The highest BCUT2D eigenvalue weighted by molar-refractivity contribution is 5.73. The highest BCUT2D eigenvalue weighted by Crippen LogP contribution is 2.28. The lowest BCUT2D eigenvalue weighted by Gasteiger charge is -2.36. The van der Waals surface area contributed by atoms with Gasteiger partial charge in [-0.15, -0.1) is 0 Å². The molecule has 2 heterocycles. The van der Waals surface area contributed by atoms with E-state index in [1.54, 1.807) is 19.1 Å². The molecule has 0 N–H and O–H groups in total. The maximum Gasteiger partial charge on any atom is 0.269 e. The van der Waals surface area contributed by atoms with Crippen molar-refractivity contribution in [3.63, 3.8) is 0 Å². The molecule has 1 saturated heterocycles. The van der Waals surface area contributed by atoms with Gasteiger partial charge in [-0.25, -0.2) is 9.97 Å². The Balaban J connectivity index is 1.71. The summed E-state index contributed by atoms with van der Waals surface area (Å²) in [6.07, 6.45) is 0.571. The van der Waals surface area contributed by atoms with Crippen molar-refractivity contribution in [1.29, 1.82) is 0 Å². The Kier molecular flexibility index (Phi) is 6.11. The average molecular weight is 431 g/mol. The largest absolute Gasteiger partial charge is 0.353 e. The highest BCUT2D eigenvalue weighted by Gasteiger charge is 2.24. The van der Waals surface area contributed by atoms with Crippen molar-refractivity contribution in [3.05, 3.63) is 81.5 Å². The number of anilines is 1. The molecule has 3 aromatic rings. The van der Waals surface area contributed by atoms with E-state index >= 15 is 0 Å². The van der Waals surface area contributed by atoms with Gasteiger partial charge in [0.2, 0.25) is 5.91 Å². The minimum Gasteiger partial charge on any atom is -0.353 e. The van der Waals surface area contributed by atoms with Gasteiger partial charge >= 0.3 is 0 Å². The molecular weight excluding hydrogens is 406 g/mol. The summed E-state index contributed by atoms with van der Waals surface area (Å²) in [5.74, 6) is 1.61. The summed E-state index contributed by atoms with van der Waals surface area (Å²) in [5, 5.41) is 11.0. The van der Waals surface area contributed by atoms with Crippen molar-refractivity contribution >= 4 is 17.4 Å². The number of hydrogen-bond donors (Lipinski definition) is 0. The van der Waals surface area contributed by atoms with Crippen LogP contribution in [0.2, 0.25) is 0 Å². The number of nitro benzene ring substituents is 1. The quantitative estimate of drug-likeness (QED) is 0.453. The van der Waals surface area contributed by atoms with Crippen LogP contribution in [0, 0.1) is 17.0 Å². The van der Waals surface area contributed by atoms with Gasteiger partial charge in [0.25, 0.3) is 5.69 Å². The smallest absolute Gasteiger partial charge is 0.269 e. The van der Waals surface area contributed by atoms with Crippen LogP contribution in [0.5, 0.6) is 0 Å². The zero-order chi connectivity index (χ0) is 22.7. The van der Waals surface area contributed by atoms with Crippen LogP contribution in [0.25, 0.3) is 11.4 Å². The number of piperazine rings is 1. The number of carbonyl (C=O) groups is 1. The number of aromatic nitrogens is 2. The molecular formula is C24H25N5O3. The first kappa shape index (κ1) is 21.4. The molecule has 1 fully saturated rings. The molecule has 0 spiro atoms. The van der Waals surface area contributed by atoms with E-state index in [1.165, 1.54) is 12.1 Å². The Labute approximate surface area is 186 Å². The van der Waals surface area contributed by atoms with E-state index in [9.17, 15) is 14.9 Å². The number of carbonyl (C=O) groups excluding carboxylic acids is 1. The first-order valence-electron chi connectivity index (χ1n) is 10.6. The molecule has 0 radical (unpaired) electrons. The lowest BCUT2D eigenvalue weighted by Crippen LogP contribution is -2.48. The predicted molar refractivity (Wildman–Crippen MR) is 123 cm³/mol. The lowest BCUT2D eigenvalue weighted by molar-refractivity contribution is -0.384. The summed E-state index contributed by atoms with van der Waals surface area (Å²) in [6.45, 7) is 6.25. The van der Waals surface area contributed by atoms with E-state index in [1.807, 2.05) is 42.2 Å². The number of benzene rings is 2. The van der Waals surface area contributed by atoms with Gasteiger partial charge in [-0.1, -0.05) is 42.5 Å². The molecule has 8 nitrogen and oxygen atoms in total. The Morgan fingerprint density at radius 3 is 2.25 bits per heavy atom. The second-order valence-corrected chi connectivity index (χ2v) is 7.89. The van der Waals surface area contributed by atoms with Crippen molar-refractivity contribution in [2.45, 2.75) is 20.3 Å². The molecule has 4 rings (SSSR count). The third-order valence-corrected chi connectivity index (χ3v) is 5.78. The maximum atomic E-state index is 11.8. The van der Waals surface area contributed by atoms with Crippen molar-refractivity contribution < 1.29 is 9.72 Å². The monoisotopic (exact) mass is 431 g/mol. The second kappa shape index (κ2) is 9.13.